The van der Waals surface area contributed by atoms with E-state index in [0.717, 1.165) is 0 Å². The van der Waals surface area contributed by atoms with E-state index in [9.17, 15) is 14.7 Å². The van der Waals surface area contributed by atoms with Crippen LogP contribution in [0.5, 0.6) is 0 Å². The van der Waals surface area contributed by atoms with Gasteiger partial charge in [-0.1, -0.05) is 0 Å². The molecule has 17 heavy (non-hydrogen) atoms. The number of aliphatic hydroxyl groups is 1. The van der Waals surface area contributed by atoms with Crippen LogP contribution >= 0.6 is 0 Å². The molecule has 1 aliphatic heterocycles. The van der Waals surface area contributed by atoms with Gasteiger partial charge in [-0.3, -0.25) is 9.59 Å². The second kappa shape index (κ2) is 4.64. The van der Waals surface area contributed by atoms with E-state index in [2.05, 4.69) is 15.5 Å². The van der Waals surface area contributed by atoms with E-state index in [1.54, 1.807) is 7.05 Å². The molecule has 2 rings (SSSR count). The third kappa shape index (κ3) is 2.34. The maximum atomic E-state index is 12.0. The van der Waals surface area contributed by atoms with Crippen molar-refractivity contribution in [2.45, 2.75) is 12.1 Å². The lowest BCUT2D eigenvalue weighted by atomic mass is 10.2. The number of likely N-dealkylation sites (N-methyl/N-ethyl adjacent to an activating group) is 1. The van der Waals surface area contributed by atoms with E-state index in [1.165, 1.54) is 17.0 Å². The summed E-state index contributed by atoms with van der Waals surface area (Å²) in [6, 6.07) is 2.35. The molecule has 1 aromatic heterocycles. The Balaban J connectivity index is 2.14. The zero-order valence-corrected chi connectivity index (χ0v) is 9.38. The van der Waals surface area contributed by atoms with E-state index < -0.39 is 6.10 Å². The van der Waals surface area contributed by atoms with Gasteiger partial charge < -0.3 is 15.3 Å². The summed E-state index contributed by atoms with van der Waals surface area (Å²) in [5, 5.41) is 18.5. The van der Waals surface area contributed by atoms with E-state index in [-0.39, 0.29) is 23.2 Å². The van der Waals surface area contributed by atoms with Gasteiger partial charge >= 0.3 is 0 Å². The smallest absolute Gasteiger partial charge is 0.274 e. The number of nitrogens with zero attached hydrogens (tertiary/aromatic N) is 2. The van der Waals surface area contributed by atoms with Gasteiger partial charge in [0.2, 0.25) is 0 Å². The van der Waals surface area contributed by atoms with E-state index in [0.29, 0.717) is 13.1 Å². The van der Waals surface area contributed by atoms with Crippen molar-refractivity contribution < 1.29 is 9.90 Å². The molecule has 0 saturated carbocycles. The molecule has 7 heteroatoms. The molecule has 3 N–H and O–H groups in total. The summed E-state index contributed by atoms with van der Waals surface area (Å²) >= 11 is 0. The lowest BCUT2D eigenvalue weighted by Crippen LogP contribution is -2.44. The lowest BCUT2D eigenvalue weighted by Gasteiger charge is -2.25. The Kier molecular flexibility index (Phi) is 3.21. The van der Waals surface area contributed by atoms with Crippen molar-refractivity contribution in [3.63, 3.8) is 0 Å². The number of hydrogen-bond donors (Lipinski definition) is 3. The number of hydrogen-bond acceptors (Lipinski definition) is 5. The Labute approximate surface area is 97.4 Å². The zero-order valence-electron chi connectivity index (χ0n) is 9.38. The first-order valence-electron chi connectivity index (χ1n) is 5.31. The fraction of sp³-hybridized carbons (Fsp3) is 0.500. The fourth-order valence-corrected chi connectivity index (χ4v) is 1.84. The van der Waals surface area contributed by atoms with Gasteiger partial charge in [-0.2, -0.15) is 5.10 Å². The van der Waals surface area contributed by atoms with Gasteiger partial charge in [0.1, 0.15) is 5.69 Å². The zero-order chi connectivity index (χ0) is 12.4. The Morgan fingerprint density at radius 1 is 1.53 bits per heavy atom. The summed E-state index contributed by atoms with van der Waals surface area (Å²) < 4.78 is 0. The van der Waals surface area contributed by atoms with Crippen LogP contribution in [-0.4, -0.2) is 58.4 Å². The minimum atomic E-state index is -0.577. The summed E-state index contributed by atoms with van der Waals surface area (Å²) in [5.74, 6) is -0.325. The molecule has 1 aliphatic rings. The van der Waals surface area contributed by atoms with Gasteiger partial charge in [0.15, 0.2) is 0 Å². The van der Waals surface area contributed by atoms with Crippen molar-refractivity contribution in [1.82, 2.24) is 20.4 Å². The number of aromatic nitrogens is 2. The maximum absolute atomic E-state index is 12.0. The quantitative estimate of drug-likeness (QED) is 0.563. The SMILES string of the molecule is CN(C(=O)c1ccc(=O)[nH]n1)[C@H]1CNC[C@@H]1O. The van der Waals surface area contributed by atoms with Crippen LogP contribution in [0.4, 0.5) is 0 Å². The molecule has 1 saturated heterocycles. The van der Waals surface area contributed by atoms with Gasteiger partial charge in [-0.15, -0.1) is 0 Å². The number of aliphatic hydroxyl groups excluding tert-OH is 1. The van der Waals surface area contributed by atoms with Crippen molar-refractivity contribution in [2.75, 3.05) is 20.1 Å². The topological polar surface area (TPSA) is 98.3 Å². The van der Waals surface area contributed by atoms with Gasteiger partial charge in [-0.25, -0.2) is 5.10 Å². The normalized spacial score (nSPS) is 23.6. The molecular weight excluding hydrogens is 224 g/mol. The lowest BCUT2D eigenvalue weighted by molar-refractivity contribution is 0.0574. The van der Waals surface area contributed by atoms with Crippen LogP contribution in [0.25, 0.3) is 0 Å². The van der Waals surface area contributed by atoms with Crippen molar-refractivity contribution in [1.29, 1.82) is 0 Å². The second-order valence-corrected chi connectivity index (χ2v) is 4.02. The predicted octanol–water partition coefficient (Wildman–Crippen LogP) is -1.83. The number of β-amino-alcohol motifs (C(OH)–C–C–N with tert-alkyl or cyclic N) is 1. The molecule has 0 aromatic carbocycles. The van der Waals surface area contributed by atoms with Gasteiger partial charge in [0.25, 0.3) is 11.5 Å². The van der Waals surface area contributed by atoms with Crippen LogP contribution < -0.4 is 10.9 Å². The number of H-pyrrole nitrogens is 1. The highest BCUT2D eigenvalue weighted by molar-refractivity contribution is 5.92. The molecular formula is C10H14N4O3. The number of aromatic amines is 1. The highest BCUT2D eigenvalue weighted by Gasteiger charge is 2.31. The molecule has 2 atom stereocenters. The van der Waals surface area contributed by atoms with Crippen LogP contribution in [-0.2, 0) is 0 Å². The highest BCUT2D eigenvalue weighted by Crippen LogP contribution is 2.10. The third-order valence-corrected chi connectivity index (χ3v) is 2.87. The van der Waals surface area contributed by atoms with Crippen molar-refractivity contribution >= 4 is 5.91 Å². The minimum absolute atomic E-state index is 0.159. The Morgan fingerprint density at radius 3 is 2.82 bits per heavy atom. The number of carbonyl (C=O) groups excluding carboxylic acids is 1. The fourth-order valence-electron chi connectivity index (χ4n) is 1.84. The summed E-state index contributed by atoms with van der Waals surface area (Å²) in [6.45, 7) is 1.02. The first kappa shape index (κ1) is 11.7. The molecule has 1 amide bonds. The van der Waals surface area contributed by atoms with Crippen molar-refractivity contribution in [3.05, 3.63) is 28.2 Å². The maximum Gasteiger partial charge on any atom is 0.274 e. The van der Waals surface area contributed by atoms with Crippen LogP contribution in [0.15, 0.2) is 16.9 Å². The Morgan fingerprint density at radius 2 is 2.29 bits per heavy atom. The monoisotopic (exact) mass is 238 g/mol. The number of carbonyl (C=O) groups is 1. The number of amides is 1. The molecule has 1 fully saturated rings. The van der Waals surface area contributed by atoms with Crippen LogP contribution in [0.2, 0.25) is 0 Å². The molecule has 2 heterocycles. The van der Waals surface area contributed by atoms with Gasteiger partial charge in [-0.05, 0) is 6.07 Å². The third-order valence-electron chi connectivity index (χ3n) is 2.87. The highest BCUT2D eigenvalue weighted by atomic mass is 16.3. The van der Waals surface area contributed by atoms with Crippen LogP contribution in [0.3, 0.4) is 0 Å². The van der Waals surface area contributed by atoms with Crippen molar-refractivity contribution in [3.8, 4) is 0 Å². The predicted molar refractivity (Wildman–Crippen MR) is 59.6 cm³/mol. The summed E-state index contributed by atoms with van der Waals surface area (Å²) in [6.07, 6.45) is -0.577. The summed E-state index contributed by atoms with van der Waals surface area (Å²) in [5.41, 5.74) is -0.196. The Bertz CT molecular complexity index is 452. The minimum Gasteiger partial charge on any atom is -0.390 e. The number of rotatable bonds is 2. The molecule has 7 nitrogen and oxygen atoms in total. The van der Waals surface area contributed by atoms with E-state index in [1.807, 2.05) is 0 Å². The van der Waals surface area contributed by atoms with E-state index in [4.69, 9.17) is 0 Å². The largest absolute Gasteiger partial charge is 0.390 e. The first-order chi connectivity index (χ1) is 8.09. The van der Waals surface area contributed by atoms with E-state index >= 15 is 0 Å². The average Bonchev–Trinajstić information content (AvgIpc) is 2.74. The number of nitrogens with one attached hydrogen (secondary N) is 2. The van der Waals surface area contributed by atoms with Crippen LogP contribution in [0, 0.1) is 0 Å². The first-order valence-corrected chi connectivity index (χ1v) is 5.31. The molecule has 0 aliphatic carbocycles. The summed E-state index contributed by atoms with van der Waals surface area (Å²) in [7, 11) is 1.61. The standard InChI is InChI=1S/C10H14N4O3/c1-14(7-4-11-5-8(7)15)10(17)6-2-3-9(16)13-12-6/h2-3,7-8,11,15H,4-5H2,1H3,(H,13,16)/t7-,8-/m0/s1. The summed E-state index contributed by atoms with van der Waals surface area (Å²) in [4.78, 5) is 24.3. The molecule has 0 spiro atoms. The Hall–Kier alpha value is -1.73. The average molecular weight is 238 g/mol. The van der Waals surface area contributed by atoms with Crippen LogP contribution in [0.1, 0.15) is 10.5 Å². The second-order valence-electron chi connectivity index (χ2n) is 4.02. The van der Waals surface area contributed by atoms with Gasteiger partial charge in [0, 0.05) is 26.2 Å². The van der Waals surface area contributed by atoms with Crippen molar-refractivity contribution in [2.24, 2.45) is 0 Å². The molecule has 1 aromatic rings. The molecule has 92 valence electrons. The molecule has 0 unspecified atom stereocenters. The van der Waals surface area contributed by atoms with Gasteiger partial charge in [0.05, 0.1) is 12.1 Å². The molecule has 0 bridgehead atoms. The molecule has 0 radical (unpaired) electrons.